The number of carboxylic acids is 2. The molecule has 0 saturated carbocycles. The van der Waals surface area contributed by atoms with E-state index in [-0.39, 0.29) is 12.8 Å². The number of hydrogen-bond acceptors (Lipinski definition) is 3. The van der Waals surface area contributed by atoms with Crippen LogP contribution in [-0.4, -0.2) is 34.6 Å². The molecule has 0 unspecified atom stereocenters. The zero-order chi connectivity index (χ0) is 12.1. The molecule has 3 N–H and O–H groups in total. The fourth-order valence-corrected chi connectivity index (χ4v) is 1.30. The van der Waals surface area contributed by atoms with Crippen molar-refractivity contribution < 1.29 is 24.6 Å². The molecule has 0 aromatic heterocycles. The fourth-order valence-electron chi connectivity index (χ4n) is 1.30. The molecule has 0 heterocycles. The van der Waals surface area contributed by atoms with Gasteiger partial charge in [-0.1, -0.05) is 13.8 Å². The Kier molecular flexibility index (Phi) is 4.77. The normalized spacial score (nSPS) is 10.8. The average Bonchev–Trinajstić information content (AvgIpc) is 2.17. The zero-order valence-electron chi connectivity index (χ0n) is 8.74. The van der Waals surface area contributed by atoms with E-state index in [1.54, 1.807) is 13.8 Å². The van der Waals surface area contributed by atoms with Gasteiger partial charge in [0, 0.05) is 0 Å². The maximum atomic E-state index is 11.5. The summed E-state index contributed by atoms with van der Waals surface area (Å²) in [7, 11) is 0. The first kappa shape index (κ1) is 13.4. The number of rotatable bonds is 6. The summed E-state index contributed by atoms with van der Waals surface area (Å²) in [6, 6.07) is 0. The van der Waals surface area contributed by atoms with Gasteiger partial charge < -0.3 is 15.5 Å². The van der Waals surface area contributed by atoms with Gasteiger partial charge in [-0.15, -0.1) is 0 Å². The van der Waals surface area contributed by atoms with Crippen molar-refractivity contribution in [2.24, 2.45) is 5.41 Å². The fraction of sp³-hybridized carbons (Fsp3) is 0.667. The van der Waals surface area contributed by atoms with Gasteiger partial charge in [-0.3, -0.25) is 14.4 Å². The molecule has 0 rings (SSSR count). The van der Waals surface area contributed by atoms with Crippen molar-refractivity contribution in [1.82, 2.24) is 5.32 Å². The molecule has 0 radical (unpaired) electrons. The van der Waals surface area contributed by atoms with Crippen molar-refractivity contribution in [1.29, 1.82) is 0 Å². The van der Waals surface area contributed by atoms with Gasteiger partial charge in [0.05, 0.1) is 0 Å². The van der Waals surface area contributed by atoms with E-state index in [4.69, 9.17) is 10.2 Å². The molecule has 0 aliphatic carbocycles. The van der Waals surface area contributed by atoms with Crippen LogP contribution in [-0.2, 0) is 14.4 Å². The molecule has 0 aliphatic rings. The van der Waals surface area contributed by atoms with E-state index in [1.165, 1.54) is 0 Å². The Bertz CT molecular complexity index is 270. The molecule has 0 saturated heterocycles. The first-order valence-electron chi connectivity index (χ1n) is 4.64. The summed E-state index contributed by atoms with van der Waals surface area (Å²) in [6.45, 7) is 2.60. The lowest BCUT2D eigenvalue weighted by Crippen LogP contribution is -2.47. The maximum absolute atomic E-state index is 11.5. The van der Waals surface area contributed by atoms with Crippen LogP contribution in [0.1, 0.15) is 26.7 Å². The van der Waals surface area contributed by atoms with Crippen LogP contribution in [0.15, 0.2) is 0 Å². The highest BCUT2D eigenvalue weighted by atomic mass is 16.4. The van der Waals surface area contributed by atoms with Gasteiger partial charge in [0.2, 0.25) is 5.91 Å². The number of aliphatic carboxylic acids is 2. The third-order valence-corrected chi connectivity index (χ3v) is 2.45. The molecule has 15 heavy (non-hydrogen) atoms. The van der Waals surface area contributed by atoms with E-state index >= 15 is 0 Å². The van der Waals surface area contributed by atoms with Gasteiger partial charge in [-0.05, 0) is 12.8 Å². The lowest BCUT2D eigenvalue weighted by molar-refractivity contribution is -0.157. The van der Waals surface area contributed by atoms with E-state index in [9.17, 15) is 14.4 Å². The lowest BCUT2D eigenvalue weighted by atomic mass is 9.81. The van der Waals surface area contributed by atoms with E-state index in [0.717, 1.165) is 0 Å². The zero-order valence-corrected chi connectivity index (χ0v) is 8.74. The van der Waals surface area contributed by atoms with Crippen LogP contribution in [0.25, 0.3) is 0 Å². The highest BCUT2D eigenvalue weighted by Crippen LogP contribution is 2.26. The van der Waals surface area contributed by atoms with Crippen LogP contribution < -0.4 is 5.32 Å². The van der Waals surface area contributed by atoms with E-state index in [1.807, 2.05) is 0 Å². The SMILES string of the molecule is CCC(CC)(C(=O)O)C(=O)NCC(=O)O. The third kappa shape index (κ3) is 2.93. The monoisotopic (exact) mass is 217 g/mol. The highest BCUT2D eigenvalue weighted by Gasteiger charge is 2.42. The van der Waals surface area contributed by atoms with Crippen LogP contribution in [0.3, 0.4) is 0 Å². The summed E-state index contributed by atoms with van der Waals surface area (Å²) in [5.74, 6) is -3.17. The van der Waals surface area contributed by atoms with Crippen molar-refractivity contribution in [2.75, 3.05) is 6.54 Å². The molecule has 0 aromatic rings. The second-order valence-corrected chi connectivity index (χ2v) is 3.17. The molecule has 0 aliphatic heterocycles. The predicted molar refractivity (Wildman–Crippen MR) is 51.3 cm³/mol. The Morgan fingerprint density at radius 3 is 1.87 bits per heavy atom. The topological polar surface area (TPSA) is 104 Å². The summed E-state index contributed by atoms with van der Waals surface area (Å²) in [5.41, 5.74) is -1.52. The van der Waals surface area contributed by atoms with Crippen LogP contribution in [0, 0.1) is 5.41 Å². The number of carboxylic acid groups (broad SMARTS) is 2. The maximum Gasteiger partial charge on any atom is 0.322 e. The van der Waals surface area contributed by atoms with E-state index in [2.05, 4.69) is 5.32 Å². The smallest absolute Gasteiger partial charge is 0.322 e. The minimum atomic E-state index is -1.52. The average molecular weight is 217 g/mol. The van der Waals surface area contributed by atoms with E-state index in [0.29, 0.717) is 0 Å². The second kappa shape index (κ2) is 5.33. The lowest BCUT2D eigenvalue weighted by Gasteiger charge is -2.24. The standard InChI is InChI=1S/C9H15NO5/c1-3-9(4-2,8(14)15)7(13)10-5-6(11)12/h3-5H2,1-2H3,(H,10,13)(H,11,12)(H,14,15). The molecule has 0 spiro atoms. The minimum Gasteiger partial charge on any atom is -0.480 e. The van der Waals surface area contributed by atoms with Gasteiger partial charge in [0.25, 0.3) is 0 Å². The first-order chi connectivity index (χ1) is 6.90. The molecule has 6 nitrogen and oxygen atoms in total. The number of nitrogens with one attached hydrogen (secondary N) is 1. The molecule has 0 fully saturated rings. The Hall–Kier alpha value is -1.59. The summed E-state index contributed by atoms with van der Waals surface area (Å²) >= 11 is 0. The van der Waals surface area contributed by atoms with Crippen molar-refractivity contribution in [3.8, 4) is 0 Å². The highest BCUT2D eigenvalue weighted by molar-refractivity contribution is 6.02. The first-order valence-corrected chi connectivity index (χ1v) is 4.64. The number of carbonyl (C=O) groups is 3. The van der Waals surface area contributed by atoms with Crippen LogP contribution in [0.4, 0.5) is 0 Å². The van der Waals surface area contributed by atoms with Gasteiger partial charge in [0.1, 0.15) is 12.0 Å². The van der Waals surface area contributed by atoms with Crippen LogP contribution in [0.2, 0.25) is 0 Å². The van der Waals surface area contributed by atoms with Crippen molar-refractivity contribution in [2.45, 2.75) is 26.7 Å². The van der Waals surface area contributed by atoms with Crippen molar-refractivity contribution >= 4 is 17.8 Å². The van der Waals surface area contributed by atoms with E-state index < -0.39 is 29.8 Å². The number of carbonyl (C=O) groups excluding carboxylic acids is 1. The Morgan fingerprint density at radius 2 is 1.60 bits per heavy atom. The van der Waals surface area contributed by atoms with Gasteiger partial charge in [-0.2, -0.15) is 0 Å². The summed E-state index contributed by atoms with van der Waals surface area (Å²) in [6.07, 6.45) is 0.259. The van der Waals surface area contributed by atoms with Crippen LogP contribution >= 0.6 is 0 Å². The number of hydrogen-bond donors (Lipinski definition) is 3. The van der Waals surface area contributed by atoms with Crippen molar-refractivity contribution in [3.63, 3.8) is 0 Å². The van der Waals surface area contributed by atoms with Crippen molar-refractivity contribution in [3.05, 3.63) is 0 Å². The molecule has 6 heteroatoms. The largest absolute Gasteiger partial charge is 0.480 e. The molecule has 0 atom stereocenters. The molecule has 86 valence electrons. The third-order valence-electron chi connectivity index (χ3n) is 2.45. The van der Waals surface area contributed by atoms with Gasteiger partial charge in [0.15, 0.2) is 0 Å². The Morgan fingerprint density at radius 1 is 1.13 bits per heavy atom. The van der Waals surface area contributed by atoms with Gasteiger partial charge >= 0.3 is 11.9 Å². The molecule has 0 bridgehead atoms. The summed E-state index contributed by atoms with van der Waals surface area (Å²) in [4.78, 5) is 32.7. The summed E-state index contributed by atoms with van der Waals surface area (Å²) in [5, 5.41) is 19.4. The quantitative estimate of drug-likeness (QED) is 0.546. The molecule has 0 aromatic carbocycles. The van der Waals surface area contributed by atoms with Crippen LogP contribution in [0.5, 0.6) is 0 Å². The minimum absolute atomic E-state index is 0.129. The summed E-state index contributed by atoms with van der Waals surface area (Å²) < 4.78 is 0. The predicted octanol–water partition coefficient (Wildman–Crippen LogP) is 0.0782. The number of amides is 1. The molecular weight excluding hydrogens is 202 g/mol. The second-order valence-electron chi connectivity index (χ2n) is 3.17. The molecule has 1 amide bonds. The Balaban J connectivity index is 4.70. The van der Waals surface area contributed by atoms with Gasteiger partial charge in [-0.25, -0.2) is 0 Å². The molecular formula is C9H15NO5. The Labute approximate surface area is 87.3 Å².